The molecule has 0 saturated carbocycles. The number of carbonyl (C=O) groups excluding carboxylic acids is 3. The van der Waals surface area contributed by atoms with Crippen molar-refractivity contribution in [2.24, 2.45) is 0 Å². The molecule has 1 unspecified atom stereocenters. The third-order valence-corrected chi connectivity index (χ3v) is 15.0. The average Bonchev–Trinajstić information content (AvgIpc) is 3.44. The molecule has 0 fully saturated rings. The first-order valence-corrected chi connectivity index (χ1v) is 33.9. The Kier molecular flexibility index (Phi) is 63.7. The zero-order chi connectivity index (χ0) is 56.4. The number of rotatable bonds is 62. The van der Waals surface area contributed by atoms with Gasteiger partial charge in [-0.3, -0.25) is 14.4 Å². The van der Waals surface area contributed by atoms with E-state index in [1.54, 1.807) is 0 Å². The second kappa shape index (κ2) is 66.4. The van der Waals surface area contributed by atoms with Crippen molar-refractivity contribution in [2.45, 2.75) is 354 Å². The average molecular weight is 1090 g/mol. The number of hydrogen-bond acceptors (Lipinski definition) is 6. The highest BCUT2D eigenvalue weighted by atomic mass is 16.6. The normalized spacial score (nSPS) is 12.5. The Balaban J connectivity index is 4.15. The van der Waals surface area contributed by atoms with Crippen molar-refractivity contribution in [3.05, 3.63) is 72.9 Å². The lowest BCUT2D eigenvalue weighted by Crippen LogP contribution is -2.30. The Morgan fingerprint density at radius 2 is 0.500 bits per heavy atom. The molecule has 0 aliphatic heterocycles. The van der Waals surface area contributed by atoms with Crippen LogP contribution >= 0.6 is 0 Å². The van der Waals surface area contributed by atoms with Gasteiger partial charge in [0.05, 0.1) is 0 Å². The van der Waals surface area contributed by atoms with Crippen molar-refractivity contribution in [2.75, 3.05) is 13.2 Å². The SMILES string of the molecule is CC/C=C\C/C=C\C/C=C\C/C=C\C/C=C\C/C=C\CCCCCCCCC(=O)OC(COC(=O)CCCCCCCCCC)COC(=O)CCCCCCCCCCCCCCCCCCCCCCCCCCCCC. The minimum atomic E-state index is -0.781. The second-order valence-electron chi connectivity index (χ2n) is 22.7. The first-order valence-electron chi connectivity index (χ1n) is 33.9. The highest BCUT2D eigenvalue weighted by molar-refractivity contribution is 5.71. The third kappa shape index (κ3) is 63.7. The molecule has 0 aromatic rings. The molecule has 0 aliphatic carbocycles. The highest BCUT2D eigenvalue weighted by Crippen LogP contribution is 2.18. The number of ether oxygens (including phenoxy) is 3. The number of unbranched alkanes of at least 4 members (excludes halogenated alkanes) is 39. The van der Waals surface area contributed by atoms with Crippen molar-refractivity contribution in [3.8, 4) is 0 Å². The van der Waals surface area contributed by atoms with Gasteiger partial charge in [-0.1, -0.05) is 331 Å². The van der Waals surface area contributed by atoms with Gasteiger partial charge in [0, 0.05) is 19.3 Å². The van der Waals surface area contributed by atoms with Crippen LogP contribution in [0.1, 0.15) is 348 Å². The van der Waals surface area contributed by atoms with Crippen LogP contribution in [0.15, 0.2) is 72.9 Å². The maximum absolute atomic E-state index is 12.9. The summed E-state index contributed by atoms with van der Waals surface area (Å²) in [5.74, 6) is -0.880. The molecule has 0 saturated heterocycles. The summed E-state index contributed by atoms with van der Waals surface area (Å²) >= 11 is 0. The molecule has 0 aliphatic rings. The molecular weight excluding hydrogens is 961 g/mol. The van der Waals surface area contributed by atoms with Crippen molar-refractivity contribution < 1.29 is 28.6 Å². The molecule has 0 aromatic carbocycles. The topological polar surface area (TPSA) is 78.9 Å². The van der Waals surface area contributed by atoms with Gasteiger partial charge in [0.25, 0.3) is 0 Å². The molecule has 0 aromatic heterocycles. The van der Waals surface area contributed by atoms with E-state index in [4.69, 9.17) is 14.2 Å². The summed E-state index contributed by atoms with van der Waals surface area (Å²) in [6, 6.07) is 0. The quantitative estimate of drug-likeness (QED) is 0.0261. The lowest BCUT2D eigenvalue weighted by Gasteiger charge is -2.18. The molecule has 0 amide bonds. The number of hydrogen-bond donors (Lipinski definition) is 0. The molecule has 78 heavy (non-hydrogen) atoms. The zero-order valence-electron chi connectivity index (χ0n) is 51.9. The molecule has 0 heterocycles. The van der Waals surface area contributed by atoms with Gasteiger partial charge in [0.1, 0.15) is 13.2 Å². The fraction of sp³-hybridized carbons (Fsp3) is 0.792. The maximum Gasteiger partial charge on any atom is 0.306 e. The molecule has 6 nitrogen and oxygen atoms in total. The van der Waals surface area contributed by atoms with Crippen LogP contribution in [-0.4, -0.2) is 37.2 Å². The monoisotopic (exact) mass is 1090 g/mol. The zero-order valence-corrected chi connectivity index (χ0v) is 51.9. The van der Waals surface area contributed by atoms with Gasteiger partial charge in [-0.25, -0.2) is 0 Å². The molecule has 0 spiro atoms. The molecular formula is C72H128O6. The molecule has 0 rings (SSSR count). The number of carbonyl (C=O) groups is 3. The molecule has 0 radical (unpaired) electrons. The summed E-state index contributed by atoms with van der Waals surface area (Å²) in [4.78, 5) is 38.2. The van der Waals surface area contributed by atoms with Gasteiger partial charge in [0.15, 0.2) is 6.10 Å². The summed E-state index contributed by atoms with van der Waals surface area (Å²) in [6.07, 6.45) is 86.6. The molecule has 0 bridgehead atoms. The van der Waals surface area contributed by atoms with Crippen molar-refractivity contribution in [1.82, 2.24) is 0 Å². The minimum absolute atomic E-state index is 0.0775. The third-order valence-electron chi connectivity index (χ3n) is 15.0. The van der Waals surface area contributed by atoms with Gasteiger partial charge in [-0.05, 0) is 70.6 Å². The summed E-state index contributed by atoms with van der Waals surface area (Å²) in [5.41, 5.74) is 0. The molecule has 452 valence electrons. The van der Waals surface area contributed by atoms with E-state index in [-0.39, 0.29) is 31.1 Å². The molecule has 1 atom stereocenters. The first-order chi connectivity index (χ1) is 38.5. The predicted octanol–water partition coefficient (Wildman–Crippen LogP) is 23.3. The van der Waals surface area contributed by atoms with Gasteiger partial charge in [-0.2, -0.15) is 0 Å². The Hall–Kier alpha value is -3.15. The van der Waals surface area contributed by atoms with Gasteiger partial charge >= 0.3 is 17.9 Å². The van der Waals surface area contributed by atoms with Crippen molar-refractivity contribution in [3.63, 3.8) is 0 Å². The number of allylic oxidation sites excluding steroid dienone is 12. The van der Waals surface area contributed by atoms with E-state index >= 15 is 0 Å². The summed E-state index contributed by atoms with van der Waals surface area (Å²) in [5, 5.41) is 0. The van der Waals surface area contributed by atoms with E-state index in [2.05, 4.69) is 93.7 Å². The summed E-state index contributed by atoms with van der Waals surface area (Å²) in [7, 11) is 0. The lowest BCUT2D eigenvalue weighted by molar-refractivity contribution is -0.167. The van der Waals surface area contributed by atoms with Gasteiger partial charge < -0.3 is 14.2 Å². The Labute approximate surface area is 484 Å². The van der Waals surface area contributed by atoms with Crippen LogP contribution in [0, 0.1) is 0 Å². The summed E-state index contributed by atoms with van der Waals surface area (Å²) in [6.45, 7) is 6.53. The van der Waals surface area contributed by atoms with Crippen LogP contribution in [-0.2, 0) is 28.6 Å². The second-order valence-corrected chi connectivity index (χ2v) is 22.7. The van der Waals surface area contributed by atoms with Crippen LogP contribution in [0.3, 0.4) is 0 Å². The van der Waals surface area contributed by atoms with Crippen molar-refractivity contribution >= 4 is 17.9 Å². The standard InChI is InChI=1S/C72H128O6/c1-4-7-10-13-16-19-21-23-25-27-29-31-33-35-36-38-39-41-43-45-47-49-51-53-56-59-62-65-71(74)77-68-69(67-76-70(73)64-61-58-55-18-15-12-9-6-3)78-72(75)66-63-60-57-54-52-50-48-46-44-42-40-37-34-32-30-28-26-24-22-20-17-14-11-8-5-2/h8,11,17,20,24,26,30,32,37,40,44,46,69H,4-7,9-10,12-16,18-19,21-23,25,27-29,31,33-36,38-39,41-43,45,47-68H2,1-3H3/b11-8-,20-17-,26-24-,32-30-,40-37-,46-44-. The van der Waals surface area contributed by atoms with Gasteiger partial charge in [-0.15, -0.1) is 0 Å². The predicted molar refractivity (Wildman–Crippen MR) is 339 cm³/mol. The first kappa shape index (κ1) is 74.8. The fourth-order valence-corrected chi connectivity index (χ4v) is 9.92. The lowest BCUT2D eigenvalue weighted by atomic mass is 10.0. The minimum Gasteiger partial charge on any atom is -0.462 e. The largest absolute Gasteiger partial charge is 0.462 e. The van der Waals surface area contributed by atoms with Crippen LogP contribution in [0.5, 0.6) is 0 Å². The van der Waals surface area contributed by atoms with Crippen LogP contribution < -0.4 is 0 Å². The van der Waals surface area contributed by atoms with Crippen LogP contribution in [0.4, 0.5) is 0 Å². The Morgan fingerprint density at radius 3 is 0.782 bits per heavy atom. The Morgan fingerprint density at radius 1 is 0.269 bits per heavy atom. The number of esters is 3. The fourth-order valence-electron chi connectivity index (χ4n) is 9.92. The van der Waals surface area contributed by atoms with Crippen molar-refractivity contribution in [1.29, 1.82) is 0 Å². The highest BCUT2D eigenvalue weighted by Gasteiger charge is 2.19. The van der Waals surface area contributed by atoms with E-state index in [1.165, 1.54) is 199 Å². The van der Waals surface area contributed by atoms with Gasteiger partial charge in [0.2, 0.25) is 0 Å². The molecule has 0 N–H and O–H groups in total. The summed E-state index contributed by atoms with van der Waals surface area (Å²) < 4.78 is 16.9. The van der Waals surface area contributed by atoms with E-state index in [1.807, 2.05) is 0 Å². The Bertz CT molecular complexity index is 1440. The van der Waals surface area contributed by atoms with E-state index in [0.29, 0.717) is 19.3 Å². The molecule has 6 heteroatoms. The smallest absolute Gasteiger partial charge is 0.306 e. The van der Waals surface area contributed by atoms with E-state index in [9.17, 15) is 14.4 Å². The van der Waals surface area contributed by atoms with Crippen LogP contribution in [0.25, 0.3) is 0 Å². The maximum atomic E-state index is 12.9. The van der Waals surface area contributed by atoms with E-state index < -0.39 is 6.10 Å². The van der Waals surface area contributed by atoms with E-state index in [0.717, 1.165) is 109 Å². The van der Waals surface area contributed by atoms with Crippen LogP contribution in [0.2, 0.25) is 0 Å².